The van der Waals surface area contributed by atoms with Gasteiger partial charge in [-0.2, -0.15) is 0 Å². The van der Waals surface area contributed by atoms with Gasteiger partial charge in [-0.05, 0) is 126 Å². The van der Waals surface area contributed by atoms with Gasteiger partial charge in [0, 0.05) is 35.5 Å². The predicted molar refractivity (Wildman–Crippen MR) is 347 cm³/mol. The molecule has 38 heteroatoms. The molecule has 14 rings (SSSR count). The van der Waals surface area contributed by atoms with E-state index in [2.05, 4.69) is 56.3 Å². The Morgan fingerprint density at radius 2 is 0.897 bits per heavy atom. The molecule has 0 radical (unpaired) electrons. The Bertz CT molecular complexity index is 2970. The van der Waals surface area contributed by atoms with Gasteiger partial charge in [0.25, 0.3) is 0 Å². The minimum Gasteiger partial charge on any atom is -0.870 e. The van der Waals surface area contributed by atoms with E-state index in [0.717, 1.165) is 13.0 Å². The molecule has 3 unspecified atom stereocenters. The van der Waals surface area contributed by atoms with Gasteiger partial charge in [0.1, 0.15) is 129 Å². The largest absolute Gasteiger partial charge is 1.00 e. The number of carbonyl (C=O) groups excluding carboxylic acids is 1. The molecule has 2 aromatic carbocycles. The Balaban J connectivity index is 0.000000266. The van der Waals surface area contributed by atoms with Crippen LogP contribution in [-0.2, 0) is 120 Å². The number of hydrogen-bond acceptors (Lipinski definition) is 35. The van der Waals surface area contributed by atoms with Crippen LogP contribution in [0, 0.1) is 5.92 Å². The number of hydrogen-bond donors (Lipinski definition) is 6. The first-order valence-electron chi connectivity index (χ1n) is 34.4. The number of ether oxygens (including phenoxy) is 23. The molecule has 608 valence electrons. The van der Waals surface area contributed by atoms with Crippen molar-refractivity contribution in [1.29, 1.82) is 0 Å². The summed E-state index contributed by atoms with van der Waals surface area (Å²) in [6, 6.07) is 15.3. The SMILES string of the molecule is CC(C)Cc1ccc2ccccc2c1.CC1(C)OCC([C@H]2O[C@@H]3OC(C)(C)O[C@@H]3[C@H]2O)O1.CO.CO[C@@H]1[C@H]2OC(C)(C)O[C@H]2OC1(CO)CO.CO[C@@H]1[C@H]2OC(C)(C)O[C@H]2O[C@@H]1C(O)CO.CO[C@@H]1[C@H]2OC(C)(C)O[C@H]2O[C@@H]1C1COC(C)(C)O1.CO[C@@H]1[C@H]2OC(C)(C)O[C@H]2O[C@@H]1C=O.[Na+].[Na+].[O-][I+3]([O-])([O-])[O-].[OH-]. The fourth-order valence-corrected chi connectivity index (χ4v) is 13.9. The van der Waals surface area contributed by atoms with Crippen molar-refractivity contribution in [1.82, 2.24) is 0 Å². The average Bonchev–Trinajstić information content (AvgIpc) is 1.61. The van der Waals surface area contributed by atoms with Crippen molar-refractivity contribution in [3.8, 4) is 0 Å². The molecule has 0 spiro atoms. The number of carbonyl (C=O) groups is 1. The Kier molecular flexibility index (Phi) is 37.7. The summed E-state index contributed by atoms with van der Waals surface area (Å²) in [7, 11) is 7.19. The molecule has 0 bridgehead atoms. The zero-order chi connectivity index (χ0) is 77.7. The van der Waals surface area contributed by atoms with E-state index < -0.39 is 153 Å². The maximum Gasteiger partial charge on any atom is 1.00 e. The van der Waals surface area contributed by atoms with E-state index in [1.807, 2.05) is 41.5 Å². The van der Waals surface area contributed by atoms with E-state index >= 15 is 0 Å². The van der Waals surface area contributed by atoms with E-state index in [9.17, 15) is 25.2 Å². The van der Waals surface area contributed by atoms with Crippen molar-refractivity contribution < 1.29 is 243 Å². The van der Waals surface area contributed by atoms with Crippen molar-refractivity contribution in [2.75, 3.05) is 68.6 Å². The molecule has 12 fully saturated rings. The molecule has 0 saturated carbocycles. The smallest absolute Gasteiger partial charge is 0.870 e. The molecule has 2 aromatic rings. The summed E-state index contributed by atoms with van der Waals surface area (Å²) in [6.07, 6.45) is -8.23. The van der Waals surface area contributed by atoms with Crippen LogP contribution in [0.15, 0.2) is 42.5 Å². The summed E-state index contributed by atoms with van der Waals surface area (Å²) in [5.74, 6) is -3.94. The first-order valence-corrected chi connectivity index (χ1v) is 37.9. The number of methoxy groups -OCH3 is 4. The van der Waals surface area contributed by atoms with Gasteiger partial charge in [0.15, 0.2) is 78.2 Å². The molecule has 107 heavy (non-hydrogen) atoms. The van der Waals surface area contributed by atoms with Gasteiger partial charge in [0.2, 0.25) is 0 Å². The van der Waals surface area contributed by atoms with Crippen molar-refractivity contribution in [2.24, 2.45) is 5.92 Å². The van der Waals surface area contributed by atoms with Gasteiger partial charge in [0.05, 0.1) is 33.0 Å². The summed E-state index contributed by atoms with van der Waals surface area (Å²) in [5.41, 5.74) is 0.291. The monoisotopic (exact) mass is 1670 g/mol. The number of aldehydes is 1. The third kappa shape index (κ3) is 26.1. The topological polar surface area (TPSA) is 473 Å². The van der Waals surface area contributed by atoms with Crippen molar-refractivity contribution >= 4 is 17.1 Å². The fraction of sp³-hybridized carbons (Fsp3) is 0.841. The van der Waals surface area contributed by atoms with Crippen LogP contribution in [0.5, 0.6) is 0 Å². The number of rotatable bonds is 13. The quantitative estimate of drug-likeness (QED) is 0.0616. The zero-order valence-corrected chi connectivity index (χ0v) is 71.7. The number of halogens is 1. The third-order valence-electron chi connectivity index (χ3n) is 17.9. The van der Waals surface area contributed by atoms with Crippen LogP contribution in [0.1, 0.15) is 116 Å². The fourth-order valence-electron chi connectivity index (χ4n) is 13.9. The maximum atomic E-state index is 10.7. The second kappa shape index (κ2) is 40.7. The van der Waals surface area contributed by atoms with Crippen molar-refractivity contribution in [3.05, 3.63) is 48.0 Å². The van der Waals surface area contributed by atoms with E-state index in [1.54, 1.807) is 62.5 Å². The molecule has 0 aromatic heterocycles. The van der Waals surface area contributed by atoms with Crippen LogP contribution >= 0.6 is 0 Å². The second-order valence-corrected chi connectivity index (χ2v) is 31.9. The van der Waals surface area contributed by atoms with Crippen LogP contribution in [0.3, 0.4) is 0 Å². The molecule has 12 aliphatic heterocycles. The van der Waals surface area contributed by atoms with E-state index in [0.29, 0.717) is 19.5 Å². The minimum absolute atomic E-state index is 0. The van der Waals surface area contributed by atoms with Gasteiger partial charge in [-0.1, -0.05) is 56.3 Å². The first kappa shape index (κ1) is 99.1. The zero-order valence-electron chi connectivity index (χ0n) is 65.6. The summed E-state index contributed by atoms with van der Waals surface area (Å²) >= 11 is -5.94. The first-order chi connectivity index (χ1) is 48.4. The number of aliphatic hydroxyl groups excluding tert-OH is 6. The Hall–Kier alpha value is -0.260. The van der Waals surface area contributed by atoms with Crippen LogP contribution in [0.25, 0.3) is 10.8 Å². The Morgan fingerprint density at radius 3 is 1.32 bits per heavy atom. The number of benzene rings is 2. The van der Waals surface area contributed by atoms with Crippen LogP contribution in [0.4, 0.5) is 0 Å². The molecule has 0 amide bonds. The normalized spacial score (nSPS) is 37.2. The van der Waals surface area contributed by atoms with Gasteiger partial charge in [-0.3, -0.25) is 13.7 Å². The van der Waals surface area contributed by atoms with Gasteiger partial charge in [-0.15, -0.1) is 0 Å². The van der Waals surface area contributed by atoms with Crippen LogP contribution < -0.4 is 93.0 Å². The molecule has 35 nitrogen and oxygen atoms in total. The molecule has 12 heterocycles. The average molecular weight is 1680 g/mol. The van der Waals surface area contributed by atoms with Crippen molar-refractivity contribution in [3.63, 3.8) is 0 Å². The number of fused-ring (bicyclic) bond motifs is 6. The molecule has 7 N–H and O–H groups in total. The van der Waals surface area contributed by atoms with Crippen molar-refractivity contribution in [2.45, 2.75) is 299 Å². The molecule has 12 saturated heterocycles. The molecule has 0 aliphatic carbocycles. The Labute approximate surface area is 675 Å². The molecular weight excluding hydrogens is 1560 g/mol. The van der Waals surface area contributed by atoms with E-state index in [-0.39, 0.29) is 133 Å². The summed E-state index contributed by atoms with van der Waals surface area (Å²) in [4.78, 5) is 10.7. The standard InChI is InChI=1S/C14H16.C13H22O6.C12H20O6.2C10H18O6.C9H14O5.CH4O.IO4.2Na.H2O/c1-11(2)9-12-7-8-13-5-3-4-6-14(13)10-12;1-12(2)15-6-7(17-12)8-9(14-5)10-11(16-8)19-13(3,4)18-10;1-11(2)14-5-6(16-11)8-7(13)9-10(15-8)18-12(3,4)17-9;1-9(2)14-6-7(13-3)10(4-11,5-12)16-8(6)15-9;1-10(2)15-8-7(13-3)6(5(12)4-11)14-9(8)16-10;1-9(2)13-7-6(11-3)5(4-10)12-8(7)14-9;1-2;2-1(3,4)5;;;/h3-8,10-11H,9H2,1-2H3;7-11H,6H2,1-5H3;6-10,13H,5H2,1-4H3;6-8,11-12H,4-5H2,1-3H3;5-9,11-12H,4H2,1-3H3;4-8H,1-3H3;2H,1H3;;;;1H2/q;;;;;;;-1;2*+1;/p-1/t;7?,8-,9+,10-,11-;6?,7-,8+,9+,10+;6-,7-,8+;5?,6-,7+,8-,9-;5-,6+,7-,8-;;;;;/m.10111...../s1. The van der Waals surface area contributed by atoms with Gasteiger partial charge >= 0.3 is 59.1 Å². The predicted octanol–water partition coefficient (Wildman–Crippen LogP) is -10.3. The second-order valence-electron chi connectivity index (χ2n) is 29.8. The van der Waals surface area contributed by atoms with Crippen LogP contribution in [-0.4, -0.2) is 292 Å². The molecule has 12 aliphatic rings. The Morgan fingerprint density at radius 1 is 0.495 bits per heavy atom. The van der Waals surface area contributed by atoms with Crippen LogP contribution in [0.2, 0.25) is 0 Å². The molecule has 22 atom stereocenters. The minimum atomic E-state index is -5.94. The van der Waals surface area contributed by atoms with Gasteiger partial charge < -0.3 is 150 Å². The van der Waals surface area contributed by atoms with Gasteiger partial charge in [-0.25, -0.2) is 0 Å². The number of aliphatic hydroxyl groups is 6. The van der Waals surface area contributed by atoms with E-state index in [4.69, 9.17) is 133 Å². The summed E-state index contributed by atoms with van der Waals surface area (Å²) < 4.78 is 162. The summed E-state index contributed by atoms with van der Waals surface area (Å²) in [5, 5.41) is 57.1. The summed E-state index contributed by atoms with van der Waals surface area (Å²) in [6.45, 7) is 29.9. The molecular formula is C69H113INa2O35. The third-order valence-corrected chi connectivity index (χ3v) is 17.9. The maximum absolute atomic E-state index is 10.7. The van der Waals surface area contributed by atoms with E-state index in [1.165, 1.54) is 44.1 Å².